The van der Waals surface area contributed by atoms with E-state index in [0.717, 1.165) is 16.7 Å². The van der Waals surface area contributed by atoms with Gasteiger partial charge in [0, 0.05) is 30.4 Å². The summed E-state index contributed by atoms with van der Waals surface area (Å²) in [7, 11) is 0. The molecule has 6 nitrogen and oxygen atoms in total. The van der Waals surface area contributed by atoms with Crippen LogP contribution in [0.15, 0.2) is 55.2 Å². The van der Waals surface area contributed by atoms with Gasteiger partial charge in [-0.1, -0.05) is 0 Å². The number of nitrogens with one attached hydrogen (secondary N) is 1. The lowest BCUT2D eigenvalue weighted by Crippen LogP contribution is -1.87. The van der Waals surface area contributed by atoms with Gasteiger partial charge in [-0.2, -0.15) is 10.4 Å². The lowest BCUT2D eigenvalue weighted by Gasteiger charge is -1.95. The molecule has 0 spiro atoms. The van der Waals surface area contributed by atoms with Crippen molar-refractivity contribution in [3.05, 3.63) is 60.8 Å². The molecule has 0 saturated heterocycles. The lowest BCUT2D eigenvalue weighted by molar-refractivity contribution is 1.10. The molecule has 0 amide bonds. The maximum Gasteiger partial charge on any atom is 0.126 e. The van der Waals surface area contributed by atoms with E-state index in [1.807, 2.05) is 24.3 Å². The number of nitriles is 1. The first-order valence-electron chi connectivity index (χ1n) is 6.26. The van der Waals surface area contributed by atoms with Gasteiger partial charge in [-0.3, -0.25) is 15.1 Å². The van der Waals surface area contributed by atoms with Crippen LogP contribution in [-0.4, -0.2) is 20.2 Å². The molecule has 0 fully saturated rings. The van der Waals surface area contributed by atoms with E-state index >= 15 is 0 Å². The van der Waals surface area contributed by atoms with Crippen molar-refractivity contribution in [2.24, 2.45) is 0 Å². The number of hydrogen-bond donors (Lipinski definition) is 2. The first-order chi connectivity index (χ1) is 10.3. The van der Waals surface area contributed by atoms with E-state index < -0.39 is 0 Å². The van der Waals surface area contributed by atoms with Crippen molar-refractivity contribution in [1.82, 2.24) is 20.2 Å². The van der Waals surface area contributed by atoms with E-state index in [1.54, 1.807) is 31.0 Å². The van der Waals surface area contributed by atoms with E-state index in [-0.39, 0.29) is 0 Å². The number of nitrogens with zero attached hydrogens (tertiary/aromatic N) is 4. The Morgan fingerprint density at radius 3 is 2.19 bits per heavy atom. The third kappa shape index (κ3) is 4.14. The van der Waals surface area contributed by atoms with Gasteiger partial charge in [0.15, 0.2) is 0 Å². The molecule has 0 aromatic carbocycles. The molecule has 3 aromatic heterocycles. The highest BCUT2D eigenvalue weighted by atomic mass is 15.1. The number of H-pyrrole nitrogens is 1. The summed E-state index contributed by atoms with van der Waals surface area (Å²) in [5.41, 5.74) is 8.59. The Bertz CT molecular complexity index is 700. The third-order valence-corrected chi connectivity index (χ3v) is 2.69. The molecule has 21 heavy (non-hydrogen) atoms. The van der Waals surface area contributed by atoms with Crippen LogP contribution in [0.5, 0.6) is 0 Å². The minimum Gasteiger partial charge on any atom is -0.384 e. The predicted octanol–water partition coefficient (Wildman–Crippen LogP) is 2.20. The highest BCUT2D eigenvalue weighted by Gasteiger charge is 2.02. The fourth-order valence-electron chi connectivity index (χ4n) is 1.65. The van der Waals surface area contributed by atoms with Crippen molar-refractivity contribution in [3.63, 3.8) is 0 Å². The largest absolute Gasteiger partial charge is 0.384 e. The van der Waals surface area contributed by atoms with Gasteiger partial charge < -0.3 is 5.73 Å². The number of rotatable bonds is 2. The molecule has 6 heteroatoms. The van der Waals surface area contributed by atoms with Gasteiger partial charge in [0.25, 0.3) is 0 Å². The zero-order valence-corrected chi connectivity index (χ0v) is 11.3. The van der Waals surface area contributed by atoms with E-state index in [4.69, 9.17) is 11.0 Å². The molecule has 0 bridgehead atoms. The molecular weight excluding hydrogens is 264 g/mol. The fourth-order valence-corrected chi connectivity index (χ4v) is 1.65. The summed E-state index contributed by atoms with van der Waals surface area (Å²) in [5.74, 6) is 0.584. The Morgan fingerprint density at radius 2 is 1.67 bits per heavy atom. The molecule has 0 saturated carbocycles. The van der Waals surface area contributed by atoms with Crippen LogP contribution in [0.25, 0.3) is 11.1 Å². The van der Waals surface area contributed by atoms with Gasteiger partial charge in [0.2, 0.25) is 0 Å². The smallest absolute Gasteiger partial charge is 0.126 e. The van der Waals surface area contributed by atoms with Crippen molar-refractivity contribution in [3.8, 4) is 17.2 Å². The highest BCUT2D eigenvalue weighted by Crippen LogP contribution is 2.21. The van der Waals surface area contributed by atoms with Gasteiger partial charge in [0.1, 0.15) is 5.82 Å². The molecule has 3 N–H and O–H groups in total. The number of anilines is 1. The maximum atomic E-state index is 8.25. The van der Waals surface area contributed by atoms with Gasteiger partial charge in [-0.05, 0) is 35.4 Å². The monoisotopic (exact) mass is 278 g/mol. The SMILES string of the molecule is N#CCc1ccncc1.Nc1[nH]ncc1-c1ccncc1. The average molecular weight is 278 g/mol. The minimum atomic E-state index is 0.475. The predicted molar refractivity (Wildman–Crippen MR) is 79.8 cm³/mol. The van der Waals surface area contributed by atoms with Crippen LogP contribution in [0.4, 0.5) is 5.82 Å². The second-order valence-corrected chi connectivity index (χ2v) is 4.12. The Kier molecular flexibility index (Phi) is 5.01. The quantitative estimate of drug-likeness (QED) is 0.747. The van der Waals surface area contributed by atoms with Crippen molar-refractivity contribution in [2.45, 2.75) is 6.42 Å². The zero-order valence-electron chi connectivity index (χ0n) is 11.3. The van der Waals surface area contributed by atoms with Gasteiger partial charge in [0.05, 0.1) is 18.7 Å². The first-order valence-corrected chi connectivity index (χ1v) is 6.26. The zero-order chi connectivity index (χ0) is 14.9. The van der Waals surface area contributed by atoms with E-state index in [1.165, 1.54) is 0 Å². The summed E-state index contributed by atoms with van der Waals surface area (Å²) in [6.45, 7) is 0. The number of pyridine rings is 2. The Labute approximate surface area is 122 Å². The second kappa shape index (κ2) is 7.40. The summed E-state index contributed by atoms with van der Waals surface area (Å²) in [6, 6.07) is 9.51. The Hall–Kier alpha value is -3.20. The van der Waals surface area contributed by atoms with Crippen LogP contribution in [0.2, 0.25) is 0 Å². The molecule has 0 aliphatic heterocycles. The fraction of sp³-hybridized carbons (Fsp3) is 0.0667. The third-order valence-electron chi connectivity index (χ3n) is 2.69. The summed E-state index contributed by atoms with van der Waals surface area (Å²) in [4.78, 5) is 7.73. The number of hydrogen-bond acceptors (Lipinski definition) is 5. The van der Waals surface area contributed by atoms with Gasteiger partial charge in [-0.25, -0.2) is 0 Å². The summed E-state index contributed by atoms with van der Waals surface area (Å²) in [6.07, 6.45) is 9.00. The average Bonchev–Trinajstić information content (AvgIpc) is 2.96. The van der Waals surface area contributed by atoms with Crippen molar-refractivity contribution in [1.29, 1.82) is 5.26 Å². The molecule has 0 atom stereocenters. The molecular formula is C15H14N6. The summed E-state index contributed by atoms with van der Waals surface area (Å²) in [5, 5.41) is 14.8. The lowest BCUT2D eigenvalue weighted by atomic mass is 10.1. The van der Waals surface area contributed by atoms with E-state index in [2.05, 4.69) is 26.2 Å². The molecule has 0 radical (unpaired) electrons. The highest BCUT2D eigenvalue weighted by molar-refractivity contribution is 5.72. The Morgan fingerprint density at radius 1 is 1.05 bits per heavy atom. The number of nitrogens with two attached hydrogens (primary N) is 1. The van der Waals surface area contributed by atoms with Crippen LogP contribution >= 0.6 is 0 Å². The van der Waals surface area contributed by atoms with E-state index in [9.17, 15) is 0 Å². The Balaban J connectivity index is 0.000000161. The summed E-state index contributed by atoms with van der Waals surface area (Å²) >= 11 is 0. The van der Waals surface area contributed by atoms with Gasteiger partial charge >= 0.3 is 0 Å². The number of aromatic nitrogens is 4. The molecule has 0 aliphatic rings. The standard InChI is InChI=1S/C8H8N4.C7H6N2/c9-8-7(5-11-12-8)6-1-3-10-4-2-6;8-4-1-7-2-5-9-6-3-7/h1-5H,(H3,9,11,12);2-3,5-6H,1H2. The van der Waals surface area contributed by atoms with Crippen molar-refractivity contribution < 1.29 is 0 Å². The molecule has 0 aliphatic carbocycles. The van der Waals surface area contributed by atoms with Crippen LogP contribution in [0.1, 0.15) is 5.56 Å². The molecule has 0 unspecified atom stereocenters. The van der Waals surface area contributed by atoms with Crippen LogP contribution in [0, 0.1) is 11.3 Å². The van der Waals surface area contributed by atoms with Gasteiger partial charge in [-0.15, -0.1) is 0 Å². The topological polar surface area (TPSA) is 104 Å². The number of aromatic amines is 1. The summed E-state index contributed by atoms with van der Waals surface area (Å²) < 4.78 is 0. The normalized spacial score (nSPS) is 9.29. The first kappa shape index (κ1) is 14.2. The maximum absolute atomic E-state index is 8.25. The minimum absolute atomic E-state index is 0.475. The van der Waals surface area contributed by atoms with Crippen molar-refractivity contribution >= 4 is 5.82 Å². The molecule has 104 valence electrons. The molecule has 3 heterocycles. The van der Waals surface area contributed by atoms with Crippen LogP contribution in [-0.2, 0) is 6.42 Å². The van der Waals surface area contributed by atoms with Crippen LogP contribution < -0.4 is 5.73 Å². The van der Waals surface area contributed by atoms with E-state index in [0.29, 0.717) is 12.2 Å². The van der Waals surface area contributed by atoms with Crippen molar-refractivity contribution in [2.75, 3.05) is 5.73 Å². The molecule has 3 aromatic rings. The molecule has 3 rings (SSSR count). The second-order valence-electron chi connectivity index (χ2n) is 4.12. The van der Waals surface area contributed by atoms with Crippen LogP contribution in [0.3, 0.4) is 0 Å². The number of nitrogen functional groups attached to an aromatic ring is 1.